The quantitative estimate of drug-likeness (QED) is 0.0212. The number of esters is 1. The van der Waals surface area contributed by atoms with E-state index in [0.717, 1.165) is 77.0 Å². The number of unbranched alkanes of at least 4 members (excludes halogenated alkanes) is 46. The van der Waals surface area contributed by atoms with E-state index in [0.29, 0.717) is 17.4 Å². The van der Waals surface area contributed by atoms with Crippen LogP contribution in [0.15, 0.2) is 60.8 Å². The molecule has 3 unspecified atom stereocenters. The minimum Gasteiger partial charge on any atom is -0.756 e. The molecule has 0 saturated heterocycles. The molecule has 88 heavy (non-hydrogen) atoms. The molecule has 9 nitrogen and oxygen atoms in total. The molecule has 0 fully saturated rings. The van der Waals surface area contributed by atoms with E-state index in [1.165, 1.54) is 263 Å². The molecule has 0 aromatic carbocycles. The second-order valence-corrected chi connectivity index (χ2v) is 28.6. The Bertz CT molecular complexity index is 1690. The van der Waals surface area contributed by atoms with Gasteiger partial charge in [-0.15, -0.1) is 0 Å². The highest BCUT2D eigenvalue weighted by Gasteiger charge is 2.27. The largest absolute Gasteiger partial charge is 0.756 e. The summed E-state index contributed by atoms with van der Waals surface area (Å²) in [7, 11) is 1.19. The lowest BCUT2D eigenvalue weighted by Crippen LogP contribution is -2.47. The molecule has 3 atom stereocenters. The van der Waals surface area contributed by atoms with Gasteiger partial charge >= 0.3 is 5.97 Å². The maximum atomic E-state index is 13.6. The van der Waals surface area contributed by atoms with E-state index >= 15 is 0 Å². The number of hydrogen-bond donors (Lipinski definition) is 1. The van der Waals surface area contributed by atoms with Crippen molar-refractivity contribution in [2.75, 3.05) is 40.9 Å². The van der Waals surface area contributed by atoms with Crippen LogP contribution >= 0.6 is 7.82 Å². The number of ether oxygens (including phenoxy) is 1. The van der Waals surface area contributed by atoms with Crippen molar-refractivity contribution in [3.63, 3.8) is 0 Å². The Labute approximate surface area is 547 Å². The first kappa shape index (κ1) is 85.7. The molecule has 516 valence electrons. The van der Waals surface area contributed by atoms with Crippen molar-refractivity contribution >= 4 is 19.7 Å². The number of nitrogens with zero attached hydrogens (tertiary/aromatic N) is 1. The molecule has 0 aromatic rings. The number of phosphoric acid groups is 1. The van der Waals surface area contributed by atoms with E-state index in [1.807, 2.05) is 33.3 Å². The van der Waals surface area contributed by atoms with Crippen LogP contribution in [0.4, 0.5) is 0 Å². The number of phosphoric ester groups is 1. The van der Waals surface area contributed by atoms with Gasteiger partial charge in [-0.3, -0.25) is 14.2 Å². The smallest absolute Gasteiger partial charge is 0.306 e. The first-order chi connectivity index (χ1) is 42.9. The molecule has 0 bridgehead atoms. The molecule has 0 aliphatic heterocycles. The lowest BCUT2D eigenvalue weighted by Gasteiger charge is -2.30. The van der Waals surface area contributed by atoms with Gasteiger partial charge < -0.3 is 28.5 Å². The van der Waals surface area contributed by atoms with Crippen molar-refractivity contribution in [1.29, 1.82) is 0 Å². The summed E-state index contributed by atoms with van der Waals surface area (Å²) in [6, 6.07) is -0.891. The van der Waals surface area contributed by atoms with E-state index in [1.54, 1.807) is 0 Å². The monoisotopic (exact) mass is 1260 g/mol. The van der Waals surface area contributed by atoms with E-state index < -0.39 is 20.0 Å². The maximum absolute atomic E-state index is 13.6. The lowest BCUT2D eigenvalue weighted by atomic mass is 10.0. The Morgan fingerprint density at radius 3 is 1.07 bits per heavy atom. The van der Waals surface area contributed by atoms with Gasteiger partial charge in [-0.05, 0) is 96.0 Å². The number of amides is 1. The van der Waals surface area contributed by atoms with Crippen molar-refractivity contribution in [2.24, 2.45) is 0 Å². The van der Waals surface area contributed by atoms with Crippen LogP contribution in [0.1, 0.15) is 374 Å². The highest BCUT2D eigenvalue weighted by molar-refractivity contribution is 7.45. The number of hydrogen-bond acceptors (Lipinski definition) is 7. The molecule has 0 heterocycles. The number of nitrogens with one attached hydrogen (secondary N) is 1. The number of carbonyl (C=O) groups is 2. The third-order valence-electron chi connectivity index (χ3n) is 17.2. The summed E-state index contributed by atoms with van der Waals surface area (Å²) in [5, 5.41) is 3.05. The van der Waals surface area contributed by atoms with Gasteiger partial charge in [-0.25, -0.2) is 0 Å². The SMILES string of the molecule is CCCCC/C=C\C/C=C\C/C=C\CCCCCCCCCCCCC(=O)NC(COP(=O)([O-])OCC[N+](C)(C)C)C(/C=C/CCCCCCCCCCCC)OC(=O)CCCCCCCCCCCCCCCCCCC/C=C/CCCCCCCC. The predicted octanol–water partition coefficient (Wildman–Crippen LogP) is 23.9. The van der Waals surface area contributed by atoms with Crippen LogP contribution in [-0.2, 0) is 27.9 Å². The molecular formula is C78H147N2O7P. The van der Waals surface area contributed by atoms with E-state index in [-0.39, 0.29) is 31.5 Å². The Morgan fingerprint density at radius 1 is 0.398 bits per heavy atom. The van der Waals surface area contributed by atoms with Crippen LogP contribution in [0.5, 0.6) is 0 Å². The Kier molecular flexibility index (Phi) is 65.8. The third kappa shape index (κ3) is 68.1. The van der Waals surface area contributed by atoms with Crippen molar-refractivity contribution < 1.29 is 37.3 Å². The highest BCUT2D eigenvalue weighted by atomic mass is 31.2. The van der Waals surface area contributed by atoms with Crippen LogP contribution in [0.25, 0.3) is 0 Å². The Hall–Kier alpha value is -2.29. The molecule has 1 amide bonds. The Balaban J connectivity index is 4.96. The zero-order chi connectivity index (χ0) is 64.2. The summed E-state index contributed by atoms with van der Waals surface area (Å²) in [6.45, 7) is 6.86. The van der Waals surface area contributed by atoms with Gasteiger partial charge in [-0.1, -0.05) is 326 Å². The molecule has 0 aliphatic carbocycles. The van der Waals surface area contributed by atoms with Crippen molar-refractivity contribution in [2.45, 2.75) is 386 Å². The van der Waals surface area contributed by atoms with E-state index in [4.69, 9.17) is 13.8 Å². The molecule has 0 aliphatic rings. The predicted molar refractivity (Wildman–Crippen MR) is 381 cm³/mol. The minimum absolute atomic E-state index is 0.0225. The molecule has 0 aromatic heterocycles. The van der Waals surface area contributed by atoms with Crippen LogP contribution in [-0.4, -0.2) is 69.4 Å². The number of rotatable bonds is 70. The summed E-state index contributed by atoms with van der Waals surface area (Å²) >= 11 is 0. The third-order valence-corrected chi connectivity index (χ3v) is 18.1. The van der Waals surface area contributed by atoms with E-state index in [2.05, 4.69) is 74.7 Å². The first-order valence-electron chi connectivity index (χ1n) is 38.1. The zero-order valence-electron chi connectivity index (χ0n) is 59.2. The van der Waals surface area contributed by atoms with Gasteiger partial charge in [0.25, 0.3) is 7.82 Å². The summed E-state index contributed by atoms with van der Waals surface area (Å²) in [5.74, 6) is -0.529. The summed E-state index contributed by atoms with van der Waals surface area (Å²) in [6.07, 6.45) is 87.8. The van der Waals surface area contributed by atoms with Crippen molar-refractivity contribution in [3.8, 4) is 0 Å². The summed E-state index contributed by atoms with van der Waals surface area (Å²) in [5.41, 5.74) is 0. The lowest BCUT2D eigenvalue weighted by molar-refractivity contribution is -0.870. The average molecular weight is 1260 g/mol. The first-order valence-corrected chi connectivity index (χ1v) is 39.6. The van der Waals surface area contributed by atoms with Crippen molar-refractivity contribution in [1.82, 2.24) is 5.32 Å². The molecule has 0 spiro atoms. The molecular weight excluding hydrogens is 1110 g/mol. The van der Waals surface area contributed by atoms with Gasteiger partial charge in [0, 0.05) is 12.8 Å². The van der Waals surface area contributed by atoms with Crippen LogP contribution in [0.2, 0.25) is 0 Å². The molecule has 0 radical (unpaired) electrons. The van der Waals surface area contributed by atoms with Gasteiger partial charge in [0.15, 0.2) is 0 Å². The second-order valence-electron chi connectivity index (χ2n) is 27.1. The summed E-state index contributed by atoms with van der Waals surface area (Å²) < 4.78 is 30.5. The normalized spacial score (nSPS) is 13.8. The number of allylic oxidation sites excluding steroid dienone is 9. The average Bonchev–Trinajstić information content (AvgIpc) is 3.53. The number of likely N-dealkylation sites (N-methyl/N-ethyl adjacent to an activating group) is 1. The van der Waals surface area contributed by atoms with Crippen LogP contribution < -0.4 is 10.2 Å². The molecule has 0 rings (SSSR count). The fraction of sp³-hybridized carbons (Fsp3) is 0.846. The molecule has 0 saturated carbocycles. The van der Waals surface area contributed by atoms with Gasteiger partial charge in [-0.2, -0.15) is 0 Å². The molecule has 1 N–H and O–H groups in total. The number of quaternary nitrogens is 1. The number of carbonyl (C=O) groups excluding carboxylic acids is 2. The topological polar surface area (TPSA) is 114 Å². The molecule has 10 heteroatoms. The van der Waals surface area contributed by atoms with Crippen LogP contribution in [0.3, 0.4) is 0 Å². The zero-order valence-corrected chi connectivity index (χ0v) is 60.1. The fourth-order valence-electron chi connectivity index (χ4n) is 11.3. The van der Waals surface area contributed by atoms with Gasteiger partial charge in [0.1, 0.15) is 19.3 Å². The fourth-order valence-corrected chi connectivity index (χ4v) is 12.0. The minimum atomic E-state index is -4.71. The highest BCUT2D eigenvalue weighted by Crippen LogP contribution is 2.38. The van der Waals surface area contributed by atoms with Gasteiger partial charge in [0.05, 0.1) is 33.8 Å². The van der Waals surface area contributed by atoms with Crippen LogP contribution in [0, 0.1) is 0 Å². The standard InChI is InChI=1S/C78H147N2O7P/c1-7-10-13-16-19-22-25-28-30-32-34-36-38-39-40-41-43-45-47-49-51-53-56-59-62-65-68-71-78(82)87-76(69-66-63-60-57-54-27-24-21-18-15-12-9-3)75(74-86-88(83,84)85-73-72-80(4,5)6)79-77(81)70-67-64-61-58-55-52-50-48-46-44-42-37-35-33-31-29-26-23-20-17-14-11-8-2/h20,23,28-31,35,37,66,69,75-76H,7-19,21-22,24-27,32-34,36,38-65,67-68,70-74H2,1-6H3,(H-,79,81,83,84)/b23-20-,30-28+,31-29-,37-35-,69-66+. The van der Waals surface area contributed by atoms with Crippen molar-refractivity contribution in [3.05, 3.63) is 60.8 Å². The second kappa shape index (κ2) is 67.6. The Morgan fingerprint density at radius 2 is 0.693 bits per heavy atom. The summed E-state index contributed by atoms with van der Waals surface area (Å²) in [4.78, 5) is 40.3. The van der Waals surface area contributed by atoms with E-state index in [9.17, 15) is 19.0 Å². The maximum Gasteiger partial charge on any atom is 0.306 e. The van der Waals surface area contributed by atoms with Gasteiger partial charge in [0.2, 0.25) is 5.91 Å².